The SMILES string of the molecule is CCCCCCCCCCCCCC[N+](C)(C)C1(C)CO1. The molecule has 21 heavy (non-hydrogen) atoms. The zero-order valence-corrected chi connectivity index (χ0v) is 15.3. The standard InChI is InChI=1S/C19H40NO/c1-5-6-7-8-9-10-11-12-13-14-15-16-17-20(3,4)19(2)18-21-19/h5-18H2,1-4H3/q+1. The molecule has 126 valence electrons. The van der Waals surface area contributed by atoms with Crippen LogP contribution in [0, 0.1) is 0 Å². The van der Waals surface area contributed by atoms with E-state index in [-0.39, 0.29) is 5.72 Å². The third-order valence-electron chi connectivity index (χ3n) is 5.41. The highest BCUT2D eigenvalue weighted by Gasteiger charge is 2.53. The van der Waals surface area contributed by atoms with Crippen LogP contribution in [0.3, 0.4) is 0 Å². The lowest BCUT2D eigenvalue weighted by molar-refractivity contribution is -0.935. The van der Waals surface area contributed by atoms with Crippen molar-refractivity contribution in [1.29, 1.82) is 0 Å². The van der Waals surface area contributed by atoms with E-state index < -0.39 is 0 Å². The Labute approximate surface area is 133 Å². The van der Waals surface area contributed by atoms with Gasteiger partial charge in [-0.25, -0.2) is 0 Å². The number of epoxide rings is 1. The molecule has 0 aliphatic carbocycles. The maximum Gasteiger partial charge on any atom is 0.224 e. The molecule has 0 bridgehead atoms. The summed E-state index contributed by atoms with van der Waals surface area (Å²) < 4.78 is 6.62. The number of quaternary nitrogens is 1. The largest absolute Gasteiger partial charge is 0.316 e. The molecule has 1 fully saturated rings. The van der Waals surface area contributed by atoms with Crippen LogP contribution in [0.25, 0.3) is 0 Å². The fourth-order valence-corrected chi connectivity index (χ4v) is 3.04. The van der Waals surface area contributed by atoms with Gasteiger partial charge in [0.15, 0.2) is 0 Å². The van der Waals surface area contributed by atoms with Crippen molar-refractivity contribution in [3.8, 4) is 0 Å². The van der Waals surface area contributed by atoms with Gasteiger partial charge in [0.1, 0.15) is 6.61 Å². The van der Waals surface area contributed by atoms with Gasteiger partial charge in [0.25, 0.3) is 0 Å². The van der Waals surface area contributed by atoms with Crippen molar-refractivity contribution in [2.24, 2.45) is 0 Å². The van der Waals surface area contributed by atoms with Gasteiger partial charge in [0.05, 0.1) is 20.6 Å². The summed E-state index contributed by atoms with van der Waals surface area (Å²) in [5.41, 5.74) is 0.123. The first kappa shape index (κ1) is 19.0. The van der Waals surface area contributed by atoms with E-state index in [0.717, 1.165) is 11.1 Å². The molecular weight excluding hydrogens is 258 g/mol. The number of likely N-dealkylation sites (N-methyl/N-ethyl adjacent to an activating group) is 1. The molecule has 0 aromatic rings. The molecule has 1 aliphatic rings. The van der Waals surface area contributed by atoms with Crippen LogP contribution in [-0.2, 0) is 4.74 Å². The number of ether oxygens (including phenoxy) is 1. The molecule has 2 heteroatoms. The van der Waals surface area contributed by atoms with Crippen LogP contribution in [0.1, 0.15) is 90.9 Å². The summed E-state index contributed by atoms with van der Waals surface area (Å²) >= 11 is 0. The molecule has 1 rings (SSSR count). The minimum atomic E-state index is 0.123. The third-order valence-corrected chi connectivity index (χ3v) is 5.41. The molecule has 1 aliphatic heterocycles. The van der Waals surface area contributed by atoms with E-state index in [1.54, 1.807) is 0 Å². The normalized spacial score (nSPS) is 21.7. The maximum absolute atomic E-state index is 5.59. The second kappa shape index (κ2) is 9.84. The van der Waals surface area contributed by atoms with Crippen molar-refractivity contribution >= 4 is 0 Å². The fraction of sp³-hybridized carbons (Fsp3) is 1.00. The minimum Gasteiger partial charge on any atom is -0.316 e. The van der Waals surface area contributed by atoms with Crippen molar-refractivity contribution in [3.05, 3.63) is 0 Å². The van der Waals surface area contributed by atoms with Crippen LogP contribution in [0.15, 0.2) is 0 Å². The lowest BCUT2D eigenvalue weighted by Crippen LogP contribution is -2.50. The van der Waals surface area contributed by atoms with Gasteiger partial charge in [-0.3, -0.25) is 4.48 Å². The summed E-state index contributed by atoms with van der Waals surface area (Å²) in [4.78, 5) is 0. The van der Waals surface area contributed by atoms with E-state index in [0.29, 0.717) is 0 Å². The first-order valence-electron chi connectivity index (χ1n) is 9.49. The molecule has 0 spiro atoms. The predicted molar refractivity (Wildman–Crippen MR) is 92.4 cm³/mol. The molecule has 1 saturated heterocycles. The Balaban J connectivity index is 1.81. The molecular formula is C19H40NO+. The van der Waals surface area contributed by atoms with Crippen molar-refractivity contribution in [2.75, 3.05) is 27.2 Å². The van der Waals surface area contributed by atoms with Gasteiger partial charge in [0.2, 0.25) is 5.72 Å². The molecule has 2 nitrogen and oxygen atoms in total. The Morgan fingerprint density at radius 2 is 1.14 bits per heavy atom. The quantitative estimate of drug-likeness (QED) is 0.234. The molecule has 0 amide bonds. The van der Waals surface area contributed by atoms with Crippen molar-refractivity contribution in [2.45, 2.75) is 96.6 Å². The molecule has 1 unspecified atom stereocenters. The maximum atomic E-state index is 5.59. The van der Waals surface area contributed by atoms with E-state index >= 15 is 0 Å². The summed E-state index contributed by atoms with van der Waals surface area (Å²) in [5, 5.41) is 0. The van der Waals surface area contributed by atoms with Crippen LogP contribution < -0.4 is 0 Å². The van der Waals surface area contributed by atoms with E-state index in [9.17, 15) is 0 Å². The second-order valence-corrected chi connectivity index (χ2v) is 7.76. The molecule has 0 radical (unpaired) electrons. The van der Waals surface area contributed by atoms with Gasteiger partial charge < -0.3 is 4.74 Å². The molecule has 0 saturated carbocycles. The predicted octanol–water partition coefficient (Wildman–Crippen LogP) is 5.51. The van der Waals surface area contributed by atoms with E-state index in [2.05, 4.69) is 27.9 Å². The molecule has 0 N–H and O–H groups in total. The average Bonchev–Trinajstić information content (AvgIpc) is 3.20. The lowest BCUT2D eigenvalue weighted by Gasteiger charge is -2.33. The first-order valence-corrected chi connectivity index (χ1v) is 9.49. The summed E-state index contributed by atoms with van der Waals surface area (Å²) in [6, 6.07) is 0. The lowest BCUT2D eigenvalue weighted by atomic mass is 10.0. The summed E-state index contributed by atoms with van der Waals surface area (Å²) in [6.07, 6.45) is 17.1. The van der Waals surface area contributed by atoms with E-state index in [1.165, 1.54) is 83.6 Å². The monoisotopic (exact) mass is 298 g/mol. The Morgan fingerprint density at radius 3 is 1.52 bits per heavy atom. The van der Waals surface area contributed by atoms with Crippen molar-refractivity contribution in [1.82, 2.24) is 0 Å². The Bertz CT molecular complexity index is 258. The highest BCUT2D eigenvalue weighted by atomic mass is 16.6. The number of hydrogen-bond acceptors (Lipinski definition) is 1. The topological polar surface area (TPSA) is 12.5 Å². The molecule has 1 atom stereocenters. The number of nitrogens with zero attached hydrogens (tertiary/aromatic N) is 1. The fourth-order valence-electron chi connectivity index (χ4n) is 3.04. The summed E-state index contributed by atoms with van der Waals surface area (Å²) in [7, 11) is 4.62. The van der Waals surface area contributed by atoms with Crippen LogP contribution in [0.5, 0.6) is 0 Å². The number of rotatable bonds is 14. The number of unbranched alkanes of at least 4 members (excludes halogenated alkanes) is 11. The Kier molecular flexibility index (Phi) is 8.89. The Hall–Kier alpha value is -0.0800. The third kappa shape index (κ3) is 7.65. The first-order chi connectivity index (χ1) is 10.0. The van der Waals surface area contributed by atoms with Gasteiger partial charge in [-0.15, -0.1) is 0 Å². The Morgan fingerprint density at radius 1 is 0.762 bits per heavy atom. The van der Waals surface area contributed by atoms with E-state index in [4.69, 9.17) is 4.74 Å². The van der Waals surface area contributed by atoms with Crippen molar-refractivity contribution < 1.29 is 9.22 Å². The van der Waals surface area contributed by atoms with Gasteiger partial charge in [0, 0.05) is 6.92 Å². The highest BCUT2D eigenvalue weighted by molar-refractivity contribution is 4.75. The molecule has 0 aromatic heterocycles. The zero-order valence-electron chi connectivity index (χ0n) is 15.3. The van der Waals surface area contributed by atoms with Crippen LogP contribution in [0.4, 0.5) is 0 Å². The van der Waals surface area contributed by atoms with Crippen LogP contribution in [0.2, 0.25) is 0 Å². The summed E-state index contributed by atoms with van der Waals surface area (Å²) in [5.74, 6) is 0. The molecule has 0 aromatic carbocycles. The smallest absolute Gasteiger partial charge is 0.224 e. The highest BCUT2D eigenvalue weighted by Crippen LogP contribution is 2.35. The second-order valence-electron chi connectivity index (χ2n) is 7.76. The van der Waals surface area contributed by atoms with Gasteiger partial charge in [-0.05, 0) is 12.8 Å². The average molecular weight is 299 g/mol. The van der Waals surface area contributed by atoms with Crippen LogP contribution in [-0.4, -0.2) is 37.5 Å². The van der Waals surface area contributed by atoms with Crippen molar-refractivity contribution in [3.63, 3.8) is 0 Å². The molecule has 1 heterocycles. The van der Waals surface area contributed by atoms with Gasteiger partial charge in [-0.1, -0.05) is 71.1 Å². The van der Waals surface area contributed by atoms with Crippen LogP contribution >= 0.6 is 0 Å². The number of hydrogen-bond donors (Lipinski definition) is 0. The van der Waals surface area contributed by atoms with Gasteiger partial charge in [-0.2, -0.15) is 0 Å². The van der Waals surface area contributed by atoms with E-state index in [1.807, 2.05) is 0 Å². The van der Waals surface area contributed by atoms with Gasteiger partial charge >= 0.3 is 0 Å². The minimum absolute atomic E-state index is 0.123. The zero-order chi connectivity index (χ0) is 15.6. The summed E-state index contributed by atoms with van der Waals surface area (Å²) in [6.45, 7) is 6.73.